The number of benzene rings is 1. The number of hydrogen-bond donors (Lipinski definition) is 1. The van der Waals surface area contributed by atoms with Gasteiger partial charge in [-0.3, -0.25) is 9.97 Å². The van der Waals surface area contributed by atoms with E-state index in [1.54, 1.807) is 6.20 Å². The predicted molar refractivity (Wildman–Crippen MR) is 83.1 cm³/mol. The molecule has 20 heavy (non-hydrogen) atoms. The van der Waals surface area contributed by atoms with Crippen LogP contribution in [0.2, 0.25) is 5.02 Å². The van der Waals surface area contributed by atoms with Crippen molar-refractivity contribution >= 4 is 28.2 Å². The molecule has 0 atom stereocenters. The van der Waals surface area contributed by atoms with Gasteiger partial charge >= 0.3 is 0 Å². The van der Waals surface area contributed by atoms with Crippen molar-refractivity contribution in [2.24, 2.45) is 0 Å². The number of rotatable bonds is 3. The lowest BCUT2D eigenvalue weighted by molar-refractivity contribution is 1.02. The van der Waals surface area contributed by atoms with Crippen molar-refractivity contribution in [2.75, 3.05) is 5.32 Å². The van der Waals surface area contributed by atoms with Crippen LogP contribution in [0.25, 0.3) is 10.9 Å². The first-order valence-electron chi connectivity index (χ1n) is 6.44. The first kappa shape index (κ1) is 12.9. The van der Waals surface area contributed by atoms with Gasteiger partial charge in [0.1, 0.15) is 0 Å². The highest BCUT2D eigenvalue weighted by molar-refractivity contribution is 6.35. The highest BCUT2D eigenvalue weighted by Crippen LogP contribution is 2.28. The van der Waals surface area contributed by atoms with Crippen LogP contribution in [0.4, 0.5) is 5.69 Å². The van der Waals surface area contributed by atoms with Crippen molar-refractivity contribution in [1.29, 1.82) is 0 Å². The Kier molecular flexibility index (Phi) is 3.52. The first-order chi connectivity index (χ1) is 9.74. The molecule has 0 spiro atoms. The summed E-state index contributed by atoms with van der Waals surface area (Å²) in [6.07, 6.45) is 1.77. The van der Waals surface area contributed by atoms with Gasteiger partial charge in [-0.25, -0.2) is 0 Å². The van der Waals surface area contributed by atoms with Crippen molar-refractivity contribution < 1.29 is 0 Å². The molecule has 0 saturated carbocycles. The summed E-state index contributed by atoms with van der Waals surface area (Å²) in [4.78, 5) is 8.88. The topological polar surface area (TPSA) is 37.8 Å². The highest BCUT2D eigenvalue weighted by atomic mass is 35.5. The van der Waals surface area contributed by atoms with Gasteiger partial charge in [-0.2, -0.15) is 0 Å². The lowest BCUT2D eigenvalue weighted by Crippen LogP contribution is -2.03. The molecular weight excluding hydrogens is 270 g/mol. The third-order valence-electron chi connectivity index (χ3n) is 3.12. The maximum Gasteiger partial charge on any atom is 0.0948 e. The molecule has 1 aromatic carbocycles. The molecule has 0 aliphatic carbocycles. The quantitative estimate of drug-likeness (QED) is 0.783. The minimum Gasteiger partial charge on any atom is -0.378 e. The molecule has 2 heterocycles. The lowest BCUT2D eigenvalue weighted by atomic mass is 10.2. The van der Waals surface area contributed by atoms with E-state index in [4.69, 9.17) is 11.6 Å². The fourth-order valence-electron chi connectivity index (χ4n) is 2.16. The van der Waals surface area contributed by atoms with Crippen LogP contribution in [-0.4, -0.2) is 9.97 Å². The Balaban J connectivity index is 1.90. The summed E-state index contributed by atoms with van der Waals surface area (Å²) >= 11 is 6.19. The van der Waals surface area contributed by atoms with Gasteiger partial charge in [0.25, 0.3) is 0 Å². The molecule has 0 saturated heterocycles. The zero-order valence-corrected chi connectivity index (χ0v) is 11.9. The monoisotopic (exact) mass is 283 g/mol. The number of aromatic nitrogens is 2. The number of pyridine rings is 2. The van der Waals surface area contributed by atoms with Crippen LogP contribution in [0, 0.1) is 6.92 Å². The Morgan fingerprint density at radius 1 is 1.10 bits per heavy atom. The molecule has 0 amide bonds. The normalized spacial score (nSPS) is 10.7. The van der Waals surface area contributed by atoms with E-state index in [0.29, 0.717) is 11.6 Å². The summed E-state index contributed by atoms with van der Waals surface area (Å²) in [7, 11) is 0. The van der Waals surface area contributed by atoms with Crippen molar-refractivity contribution in [3.05, 3.63) is 65.1 Å². The number of halogens is 1. The SMILES string of the molecule is Cc1cccc(CNc2ccc(Cl)c3cccnc23)n1. The van der Waals surface area contributed by atoms with E-state index in [1.807, 2.05) is 49.4 Å². The smallest absolute Gasteiger partial charge is 0.0948 e. The molecule has 0 aliphatic heterocycles. The molecule has 4 heteroatoms. The number of nitrogens with one attached hydrogen (secondary N) is 1. The Morgan fingerprint density at radius 3 is 2.85 bits per heavy atom. The van der Waals surface area contributed by atoms with Crippen LogP contribution in [-0.2, 0) is 6.54 Å². The average molecular weight is 284 g/mol. The van der Waals surface area contributed by atoms with Crippen LogP contribution in [0.3, 0.4) is 0 Å². The van der Waals surface area contributed by atoms with Crippen LogP contribution < -0.4 is 5.32 Å². The Hall–Kier alpha value is -2.13. The molecule has 0 fully saturated rings. The summed E-state index contributed by atoms with van der Waals surface area (Å²) in [6.45, 7) is 2.65. The second-order valence-electron chi connectivity index (χ2n) is 4.62. The molecule has 3 nitrogen and oxygen atoms in total. The van der Waals surface area contributed by atoms with E-state index in [2.05, 4.69) is 15.3 Å². The molecule has 0 radical (unpaired) electrons. The van der Waals surface area contributed by atoms with E-state index in [0.717, 1.165) is 28.0 Å². The van der Waals surface area contributed by atoms with Gasteiger partial charge in [0.2, 0.25) is 0 Å². The summed E-state index contributed by atoms with van der Waals surface area (Å²) in [5, 5.41) is 5.04. The fourth-order valence-corrected chi connectivity index (χ4v) is 2.38. The number of nitrogens with zero attached hydrogens (tertiary/aromatic N) is 2. The molecule has 0 aliphatic rings. The lowest BCUT2D eigenvalue weighted by Gasteiger charge is -2.10. The Labute approximate surface area is 122 Å². The van der Waals surface area contributed by atoms with Gasteiger partial charge in [0, 0.05) is 17.3 Å². The number of fused-ring (bicyclic) bond motifs is 1. The number of hydrogen-bond acceptors (Lipinski definition) is 3. The summed E-state index contributed by atoms with van der Waals surface area (Å²) < 4.78 is 0. The highest BCUT2D eigenvalue weighted by Gasteiger charge is 2.05. The van der Waals surface area contributed by atoms with Crippen LogP contribution in [0.15, 0.2) is 48.7 Å². The Bertz CT molecular complexity index is 756. The third kappa shape index (κ3) is 2.58. The average Bonchev–Trinajstić information content (AvgIpc) is 2.47. The van der Waals surface area contributed by atoms with Crippen molar-refractivity contribution in [3.8, 4) is 0 Å². The van der Waals surface area contributed by atoms with Gasteiger partial charge in [-0.15, -0.1) is 0 Å². The van der Waals surface area contributed by atoms with E-state index in [-0.39, 0.29) is 0 Å². The molecule has 0 unspecified atom stereocenters. The van der Waals surface area contributed by atoms with Gasteiger partial charge in [0.15, 0.2) is 0 Å². The molecule has 0 bridgehead atoms. The van der Waals surface area contributed by atoms with Gasteiger partial charge in [-0.1, -0.05) is 17.7 Å². The summed E-state index contributed by atoms with van der Waals surface area (Å²) in [5.74, 6) is 0. The van der Waals surface area contributed by atoms with Gasteiger partial charge in [-0.05, 0) is 43.3 Å². The third-order valence-corrected chi connectivity index (χ3v) is 3.45. The maximum absolute atomic E-state index is 6.19. The largest absolute Gasteiger partial charge is 0.378 e. The zero-order chi connectivity index (χ0) is 13.9. The molecule has 2 aromatic heterocycles. The van der Waals surface area contributed by atoms with E-state index in [1.165, 1.54) is 0 Å². The summed E-state index contributed by atoms with van der Waals surface area (Å²) in [5.41, 5.74) is 3.87. The maximum atomic E-state index is 6.19. The standard InChI is InChI=1S/C16H14ClN3/c1-11-4-2-5-12(20-11)10-19-15-8-7-14(17)13-6-3-9-18-16(13)15/h2-9,19H,10H2,1H3. The fraction of sp³-hybridized carbons (Fsp3) is 0.125. The second kappa shape index (κ2) is 5.47. The van der Waals surface area contributed by atoms with Gasteiger partial charge < -0.3 is 5.32 Å². The van der Waals surface area contributed by atoms with E-state index < -0.39 is 0 Å². The molecule has 3 rings (SSSR count). The molecule has 100 valence electrons. The number of aryl methyl sites for hydroxylation is 1. The minimum atomic E-state index is 0.662. The van der Waals surface area contributed by atoms with Crippen LogP contribution in [0.5, 0.6) is 0 Å². The van der Waals surface area contributed by atoms with E-state index >= 15 is 0 Å². The van der Waals surface area contributed by atoms with Crippen LogP contribution in [0.1, 0.15) is 11.4 Å². The minimum absolute atomic E-state index is 0.662. The molecular formula is C16H14ClN3. The Morgan fingerprint density at radius 2 is 2.00 bits per heavy atom. The van der Waals surface area contributed by atoms with Crippen molar-refractivity contribution in [2.45, 2.75) is 13.5 Å². The number of anilines is 1. The van der Waals surface area contributed by atoms with Crippen molar-refractivity contribution in [3.63, 3.8) is 0 Å². The van der Waals surface area contributed by atoms with E-state index in [9.17, 15) is 0 Å². The van der Waals surface area contributed by atoms with Crippen LogP contribution >= 0.6 is 11.6 Å². The predicted octanol–water partition coefficient (Wildman–Crippen LogP) is 4.20. The zero-order valence-electron chi connectivity index (χ0n) is 11.1. The molecule has 1 N–H and O–H groups in total. The van der Waals surface area contributed by atoms with Crippen molar-refractivity contribution in [1.82, 2.24) is 9.97 Å². The summed E-state index contributed by atoms with van der Waals surface area (Å²) in [6, 6.07) is 13.7. The second-order valence-corrected chi connectivity index (χ2v) is 5.03. The first-order valence-corrected chi connectivity index (χ1v) is 6.81. The molecule has 3 aromatic rings. The van der Waals surface area contributed by atoms with Gasteiger partial charge in [0.05, 0.1) is 28.5 Å².